The summed E-state index contributed by atoms with van der Waals surface area (Å²) in [4.78, 5) is 23.1. The highest BCUT2D eigenvalue weighted by molar-refractivity contribution is 6.40. The van der Waals surface area contributed by atoms with Crippen molar-refractivity contribution in [1.82, 2.24) is 0 Å². The van der Waals surface area contributed by atoms with Crippen LogP contribution in [0.25, 0.3) is 6.08 Å². The van der Waals surface area contributed by atoms with Gasteiger partial charge in [0.15, 0.2) is 5.78 Å². The van der Waals surface area contributed by atoms with Crippen molar-refractivity contribution in [3.63, 3.8) is 0 Å². The van der Waals surface area contributed by atoms with Gasteiger partial charge in [0, 0.05) is 10.6 Å². The van der Waals surface area contributed by atoms with Gasteiger partial charge in [0.1, 0.15) is 5.57 Å². The number of ether oxygens (including phenoxy) is 1. The quantitative estimate of drug-likeness (QED) is 0.361. The van der Waals surface area contributed by atoms with Crippen molar-refractivity contribution in [2.24, 2.45) is 0 Å². The molecule has 1 rings (SSSR count). The second-order valence-corrected chi connectivity index (χ2v) is 4.87. The minimum absolute atomic E-state index is 0.118. The van der Waals surface area contributed by atoms with Crippen LogP contribution in [0.15, 0.2) is 17.7 Å². The highest BCUT2D eigenvalue weighted by Gasteiger charge is 2.17. The molecule has 0 saturated heterocycles. The van der Waals surface area contributed by atoms with E-state index in [-0.39, 0.29) is 22.2 Å². The van der Waals surface area contributed by atoms with E-state index in [1.54, 1.807) is 6.92 Å². The lowest BCUT2D eigenvalue weighted by Gasteiger charge is -2.07. The summed E-state index contributed by atoms with van der Waals surface area (Å²) in [6.45, 7) is 3.09. The predicted molar refractivity (Wildman–Crippen MR) is 76.8 cm³/mol. The molecule has 1 aromatic rings. The molecule has 0 amide bonds. The van der Waals surface area contributed by atoms with E-state index in [2.05, 4.69) is 0 Å². The Morgan fingerprint density at radius 3 is 2.16 bits per heavy atom. The Bertz CT molecular complexity index is 527. The van der Waals surface area contributed by atoms with Crippen molar-refractivity contribution in [3.8, 4) is 0 Å². The van der Waals surface area contributed by atoms with E-state index in [0.29, 0.717) is 10.6 Å². The van der Waals surface area contributed by atoms with Crippen molar-refractivity contribution in [3.05, 3.63) is 38.3 Å². The number of Topliss-reactive ketones (excluding diaryl/α,β-unsaturated/α-hetero) is 1. The number of halogens is 3. The van der Waals surface area contributed by atoms with E-state index < -0.39 is 11.8 Å². The fraction of sp³-hybridized carbons (Fsp3) is 0.231. The van der Waals surface area contributed by atoms with Crippen LogP contribution in [0.1, 0.15) is 19.4 Å². The van der Waals surface area contributed by atoms with Crippen LogP contribution in [0.5, 0.6) is 0 Å². The second-order valence-electron chi connectivity index (χ2n) is 3.62. The van der Waals surface area contributed by atoms with Crippen LogP contribution >= 0.6 is 34.8 Å². The summed E-state index contributed by atoms with van der Waals surface area (Å²) in [5, 5.41) is 0.869. The van der Waals surface area contributed by atoms with Crippen molar-refractivity contribution in [2.45, 2.75) is 13.8 Å². The predicted octanol–water partition coefficient (Wildman–Crippen LogP) is 4.18. The van der Waals surface area contributed by atoms with Crippen LogP contribution in [0, 0.1) is 0 Å². The lowest BCUT2D eigenvalue weighted by molar-refractivity contribution is -0.139. The maximum absolute atomic E-state index is 11.7. The molecule has 0 fully saturated rings. The minimum Gasteiger partial charge on any atom is -0.462 e. The average molecular weight is 322 g/mol. The summed E-state index contributed by atoms with van der Waals surface area (Å²) < 4.78 is 4.80. The third-order valence-electron chi connectivity index (χ3n) is 2.21. The number of carbonyl (C=O) groups excluding carboxylic acids is 2. The van der Waals surface area contributed by atoms with Gasteiger partial charge >= 0.3 is 5.97 Å². The van der Waals surface area contributed by atoms with Gasteiger partial charge in [-0.05, 0) is 32.1 Å². The first-order valence-corrected chi connectivity index (χ1v) is 6.54. The zero-order valence-electron chi connectivity index (χ0n) is 10.3. The second kappa shape index (κ2) is 6.94. The third kappa shape index (κ3) is 4.23. The van der Waals surface area contributed by atoms with E-state index in [1.807, 2.05) is 0 Å². The van der Waals surface area contributed by atoms with E-state index in [0.717, 1.165) is 0 Å². The highest BCUT2D eigenvalue weighted by atomic mass is 35.5. The van der Waals surface area contributed by atoms with Gasteiger partial charge in [-0.1, -0.05) is 34.8 Å². The van der Waals surface area contributed by atoms with Gasteiger partial charge in [-0.15, -0.1) is 0 Å². The number of rotatable bonds is 4. The lowest BCUT2D eigenvalue weighted by Crippen LogP contribution is -2.13. The smallest absolute Gasteiger partial charge is 0.341 e. The molecule has 0 N–H and O–H groups in total. The average Bonchev–Trinajstić information content (AvgIpc) is 2.27. The third-order valence-corrected chi connectivity index (χ3v) is 3.05. The standard InChI is InChI=1S/C13H11Cl3O3/c1-3-19-13(18)9(7(2)17)6-10-11(15)4-8(14)5-12(10)16/h4-6H,3H2,1-2H3/b9-6+. The summed E-state index contributed by atoms with van der Waals surface area (Å²) in [6.07, 6.45) is 1.31. The number of hydrogen-bond acceptors (Lipinski definition) is 3. The Kier molecular flexibility index (Phi) is 5.85. The molecular weight excluding hydrogens is 310 g/mol. The molecule has 0 unspecified atom stereocenters. The molecule has 19 heavy (non-hydrogen) atoms. The Morgan fingerprint density at radius 2 is 1.74 bits per heavy atom. The fourth-order valence-corrected chi connectivity index (χ4v) is 2.27. The maximum atomic E-state index is 11.7. The van der Waals surface area contributed by atoms with Crippen molar-refractivity contribution >= 4 is 52.6 Å². The Balaban J connectivity index is 3.31. The first kappa shape index (κ1) is 16.0. The molecule has 0 aliphatic rings. The summed E-state index contributed by atoms with van der Waals surface area (Å²) in [5.41, 5.74) is 0.235. The number of hydrogen-bond donors (Lipinski definition) is 0. The summed E-state index contributed by atoms with van der Waals surface area (Å²) in [7, 11) is 0. The normalized spacial score (nSPS) is 11.3. The van der Waals surface area contributed by atoms with Crippen LogP contribution in [-0.2, 0) is 14.3 Å². The van der Waals surface area contributed by atoms with E-state index in [4.69, 9.17) is 39.5 Å². The van der Waals surface area contributed by atoms with Gasteiger partial charge in [-0.2, -0.15) is 0 Å². The van der Waals surface area contributed by atoms with Crippen molar-refractivity contribution in [2.75, 3.05) is 6.61 Å². The Hall–Kier alpha value is -1.03. The summed E-state index contributed by atoms with van der Waals surface area (Å²) in [5.74, 6) is -1.14. The molecule has 6 heteroatoms. The fourth-order valence-electron chi connectivity index (χ4n) is 1.35. The zero-order chi connectivity index (χ0) is 14.6. The van der Waals surface area contributed by atoms with Crippen molar-refractivity contribution in [1.29, 1.82) is 0 Å². The van der Waals surface area contributed by atoms with Gasteiger partial charge in [-0.25, -0.2) is 4.79 Å². The first-order chi connectivity index (χ1) is 8.86. The monoisotopic (exact) mass is 320 g/mol. The van der Waals surface area contributed by atoms with Crippen LogP contribution in [0.3, 0.4) is 0 Å². The molecule has 0 saturated carbocycles. The van der Waals surface area contributed by atoms with Gasteiger partial charge in [0.25, 0.3) is 0 Å². The zero-order valence-corrected chi connectivity index (χ0v) is 12.6. The number of benzene rings is 1. The molecule has 0 aliphatic carbocycles. The highest BCUT2D eigenvalue weighted by Crippen LogP contribution is 2.31. The van der Waals surface area contributed by atoms with Gasteiger partial charge in [0.05, 0.1) is 16.7 Å². The van der Waals surface area contributed by atoms with Crippen molar-refractivity contribution < 1.29 is 14.3 Å². The first-order valence-electron chi connectivity index (χ1n) is 5.41. The topological polar surface area (TPSA) is 43.4 Å². The Morgan fingerprint density at radius 1 is 1.21 bits per heavy atom. The van der Waals surface area contributed by atoms with Gasteiger partial charge in [0.2, 0.25) is 0 Å². The molecule has 3 nitrogen and oxygen atoms in total. The lowest BCUT2D eigenvalue weighted by atomic mass is 10.1. The van der Waals surface area contributed by atoms with Gasteiger partial charge < -0.3 is 4.74 Å². The Labute approximate surface area is 126 Å². The molecule has 102 valence electrons. The molecular formula is C13H11Cl3O3. The maximum Gasteiger partial charge on any atom is 0.341 e. The minimum atomic E-state index is -0.711. The molecule has 0 aliphatic heterocycles. The van der Waals surface area contributed by atoms with Crippen LogP contribution in [-0.4, -0.2) is 18.4 Å². The number of ketones is 1. The molecule has 0 heterocycles. The number of esters is 1. The number of carbonyl (C=O) groups is 2. The SMILES string of the molecule is CCOC(=O)/C(=C/c1c(Cl)cc(Cl)cc1Cl)C(C)=O. The van der Waals surface area contributed by atoms with E-state index in [9.17, 15) is 9.59 Å². The molecule has 0 atom stereocenters. The molecule has 1 aromatic carbocycles. The summed E-state index contributed by atoms with van der Waals surface area (Å²) >= 11 is 17.8. The van der Waals surface area contributed by atoms with Crippen LogP contribution in [0.4, 0.5) is 0 Å². The van der Waals surface area contributed by atoms with E-state index >= 15 is 0 Å². The summed E-state index contributed by atoms with van der Waals surface area (Å²) in [6, 6.07) is 2.95. The molecule has 0 spiro atoms. The van der Waals surface area contributed by atoms with E-state index in [1.165, 1.54) is 25.1 Å². The molecule has 0 bridgehead atoms. The largest absolute Gasteiger partial charge is 0.462 e. The molecule has 0 radical (unpaired) electrons. The van der Waals surface area contributed by atoms with Crippen LogP contribution in [0.2, 0.25) is 15.1 Å². The molecule has 0 aromatic heterocycles. The van der Waals surface area contributed by atoms with Gasteiger partial charge in [-0.3, -0.25) is 4.79 Å². The van der Waals surface area contributed by atoms with Crippen LogP contribution < -0.4 is 0 Å².